The number of benzene rings is 2. The number of rotatable bonds is 5. The van der Waals surface area contributed by atoms with Crippen LogP contribution in [0.5, 0.6) is 0 Å². The average molecular weight is 337 g/mol. The summed E-state index contributed by atoms with van der Waals surface area (Å²) in [7, 11) is 0. The summed E-state index contributed by atoms with van der Waals surface area (Å²) in [4.78, 5) is 0. The third-order valence-corrected chi connectivity index (χ3v) is 3.99. The number of halogens is 1. The topological polar surface area (TPSA) is 61.7 Å². The summed E-state index contributed by atoms with van der Waals surface area (Å²) in [6, 6.07) is 19.1. The van der Waals surface area contributed by atoms with Crippen molar-refractivity contribution in [2.75, 3.05) is 11.9 Å². The van der Waals surface area contributed by atoms with Crippen LogP contribution in [0.15, 0.2) is 60.7 Å². The van der Waals surface area contributed by atoms with Crippen molar-refractivity contribution in [2.24, 2.45) is 0 Å². The normalized spacial score (nSPS) is 10.4. The van der Waals surface area contributed by atoms with Crippen molar-refractivity contribution >= 4 is 23.1 Å². The summed E-state index contributed by atoms with van der Waals surface area (Å²) in [5, 5.41) is 20.7. The molecule has 3 aromatic rings. The average Bonchev–Trinajstić information content (AvgIpc) is 2.63. The third kappa shape index (κ3) is 3.14. The van der Waals surface area contributed by atoms with Gasteiger partial charge in [0.05, 0.1) is 16.3 Å². The summed E-state index contributed by atoms with van der Waals surface area (Å²) in [6.07, 6.45) is 0. The van der Waals surface area contributed by atoms with Gasteiger partial charge in [-0.15, -0.1) is 10.2 Å². The Labute approximate surface area is 146 Å². The predicted molar refractivity (Wildman–Crippen MR) is 99.0 cm³/mol. The molecule has 0 radical (unpaired) electrons. The molecule has 0 amide bonds. The number of aromatic nitrogens is 2. The van der Waals surface area contributed by atoms with Gasteiger partial charge in [-0.25, -0.2) is 0 Å². The van der Waals surface area contributed by atoms with E-state index in [-0.39, 0.29) is 0 Å². The monoisotopic (exact) mass is 336 g/mol. The van der Waals surface area contributed by atoms with Gasteiger partial charge in [0.15, 0.2) is 5.82 Å². The molecule has 0 saturated carbocycles. The highest BCUT2D eigenvalue weighted by Crippen LogP contribution is 2.33. The Morgan fingerprint density at radius 1 is 1.00 bits per heavy atom. The molecule has 0 saturated heterocycles. The Morgan fingerprint density at radius 2 is 1.62 bits per heavy atom. The number of anilines is 1. The zero-order chi connectivity index (χ0) is 16.9. The van der Waals surface area contributed by atoms with E-state index in [1.165, 1.54) is 0 Å². The predicted octanol–water partition coefficient (Wildman–Crippen LogP) is 4.64. The Kier molecular flexibility index (Phi) is 4.87. The number of hydrogen-bond donors (Lipinski definition) is 2. The molecule has 0 bridgehead atoms. The van der Waals surface area contributed by atoms with E-state index in [0.29, 0.717) is 34.4 Å². The maximum absolute atomic E-state index is 8.60. The highest BCUT2D eigenvalue weighted by molar-refractivity contribution is 6.38. The second-order valence-electron chi connectivity index (χ2n) is 5.22. The first-order chi connectivity index (χ1) is 11.7. The van der Waals surface area contributed by atoms with Crippen LogP contribution in [0.25, 0.3) is 11.3 Å². The van der Waals surface area contributed by atoms with Gasteiger partial charge >= 0.3 is 0 Å². The molecule has 0 aliphatic heterocycles. The Bertz CT molecular complexity index is 848. The van der Waals surface area contributed by atoms with Crippen LogP contribution in [0.2, 0.25) is 5.02 Å². The molecular formula is C19H17ClN4. The van der Waals surface area contributed by atoms with Crippen LogP contribution in [0, 0.1) is 5.41 Å². The van der Waals surface area contributed by atoms with Crippen molar-refractivity contribution in [3.8, 4) is 11.3 Å². The van der Waals surface area contributed by atoms with Gasteiger partial charge in [0.25, 0.3) is 0 Å². The fourth-order valence-electron chi connectivity index (χ4n) is 2.47. The molecule has 2 N–H and O–H groups in total. The Hall–Kier alpha value is -2.72. The molecule has 120 valence electrons. The fourth-order valence-corrected chi connectivity index (χ4v) is 2.80. The maximum atomic E-state index is 8.60. The van der Waals surface area contributed by atoms with E-state index in [1.54, 1.807) is 0 Å². The van der Waals surface area contributed by atoms with Crippen LogP contribution >= 0.6 is 11.6 Å². The van der Waals surface area contributed by atoms with Gasteiger partial charge in [0.2, 0.25) is 0 Å². The van der Waals surface area contributed by atoms with Gasteiger partial charge in [0, 0.05) is 17.7 Å². The highest BCUT2D eigenvalue weighted by atomic mass is 35.5. The molecule has 0 fully saturated rings. The van der Waals surface area contributed by atoms with E-state index in [9.17, 15) is 0 Å². The molecule has 0 aliphatic rings. The Morgan fingerprint density at radius 3 is 2.25 bits per heavy atom. The minimum atomic E-state index is 0.323. The van der Waals surface area contributed by atoms with E-state index in [2.05, 4.69) is 15.5 Å². The number of nitrogens with one attached hydrogen (secondary N) is 2. The standard InChI is InChI=1S/C19H17ClN4/c1-2-22-19-15(17(21)13-9-5-3-6-10-13)16(20)18(23-24-19)14-11-7-4-8-12-14/h3-12,21H,2H2,1H3,(H,22,24). The van der Waals surface area contributed by atoms with E-state index in [4.69, 9.17) is 17.0 Å². The van der Waals surface area contributed by atoms with Gasteiger partial charge in [-0.2, -0.15) is 0 Å². The fraction of sp³-hybridized carbons (Fsp3) is 0.105. The second kappa shape index (κ2) is 7.23. The molecule has 1 heterocycles. The van der Waals surface area contributed by atoms with E-state index < -0.39 is 0 Å². The first kappa shape index (κ1) is 16.1. The molecule has 2 aromatic carbocycles. The largest absolute Gasteiger partial charge is 0.368 e. The lowest BCUT2D eigenvalue weighted by molar-refractivity contribution is 1.01. The first-order valence-electron chi connectivity index (χ1n) is 7.72. The van der Waals surface area contributed by atoms with Gasteiger partial charge in [-0.05, 0) is 6.92 Å². The zero-order valence-electron chi connectivity index (χ0n) is 13.3. The molecular weight excluding hydrogens is 320 g/mol. The lowest BCUT2D eigenvalue weighted by Gasteiger charge is -2.14. The molecule has 3 rings (SSSR count). The molecule has 0 spiro atoms. The van der Waals surface area contributed by atoms with Gasteiger partial charge in [0.1, 0.15) is 5.69 Å². The number of nitrogens with zero attached hydrogens (tertiary/aromatic N) is 2. The lowest BCUT2D eigenvalue weighted by atomic mass is 10.0. The first-order valence-corrected chi connectivity index (χ1v) is 8.10. The second-order valence-corrected chi connectivity index (χ2v) is 5.60. The summed E-state index contributed by atoms with van der Waals surface area (Å²) in [5.41, 5.74) is 3.13. The van der Waals surface area contributed by atoms with Crippen LogP contribution in [0.3, 0.4) is 0 Å². The summed E-state index contributed by atoms with van der Waals surface area (Å²) in [5.74, 6) is 0.524. The van der Waals surface area contributed by atoms with Gasteiger partial charge in [-0.1, -0.05) is 72.3 Å². The van der Waals surface area contributed by atoms with Gasteiger partial charge < -0.3 is 5.32 Å². The van der Waals surface area contributed by atoms with Crippen LogP contribution in [-0.2, 0) is 0 Å². The molecule has 5 heteroatoms. The van der Waals surface area contributed by atoms with Crippen molar-refractivity contribution in [3.63, 3.8) is 0 Å². The van der Waals surface area contributed by atoms with Crippen LogP contribution in [0.4, 0.5) is 5.82 Å². The zero-order valence-corrected chi connectivity index (χ0v) is 14.0. The molecule has 0 aliphatic carbocycles. The molecule has 24 heavy (non-hydrogen) atoms. The highest BCUT2D eigenvalue weighted by Gasteiger charge is 2.20. The molecule has 4 nitrogen and oxygen atoms in total. The van der Waals surface area contributed by atoms with Crippen LogP contribution < -0.4 is 5.32 Å². The van der Waals surface area contributed by atoms with Crippen LogP contribution in [0.1, 0.15) is 18.1 Å². The van der Waals surface area contributed by atoms with E-state index >= 15 is 0 Å². The van der Waals surface area contributed by atoms with Crippen molar-refractivity contribution in [3.05, 3.63) is 76.8 Å². The minimum absolute atomic E-state index is 0.323. The summed E-state index contributed by atoms with van der Waals surface area (Å²) >= 11 is 6.65. The van der Waals surface area contributed by atoms with Crippen molar-refractivity contribution in [1.29, 1.82) is 5.41 Å². The van der Waals surface area contributed by atoms with Crippen molar-refractivity contribution in [2.45, 2.75) is 6.92 Å². The molecule has 0 atom stereocenters. The third-order valence-electron chi connectivity index (χ3n) is 3.62. The maximum Gasteiger partial charge on any atom is 0.159 e. The quantitative estimate of drug-likeness (QED) is 0.667. The summed E-state index contributed by atoms with van der Waals surface area (Å²) in [6.45, 7) is 2.64. The number of hydrogen-bond acceptors (Lipinski definition) is 4. The Balaban J connectivity index is 2.16. The van der Waals surface area contributed by atoms with Crippen LogP contribution in [-0.4, -0.2) is 22.5 Å². The van der Waals surface area contributed by atoms with E-state index in [1.807, 2.05) is 67.6 Å². The smallest absolute Gasteiger partial charge is 0.159 e. The summed E-state index contributed by atoms with van der Waals surface area (Å²) < 4.78 is 0. The lowest BCUT2D eigenvalue weighted by Crippen LogP contribution is -2.12. The van der Waals surface area contributed by atoms with Gasteiger partial charge in [-0.3, -0.25) is 5.41 Å². The van der Waals surface area contributed by atoms with Crippen molar-refractivity contribution in [1.82, 2.24) is 10.2 Å². The van der Waals surface area contributed by atoms with Crippen molar-refractivity contribution < 1.29 is 0 Å². The minimum Gasteiger partial charge on any atom is -0.368 e. The molecule has 1 aromatic heterocycles. The van der Waals surface area contributed by atoms with E-state index in [0.717, 1.165) is 11.1 Å². The molecule has 0 unspecified atom stereocenters. The SMILES string of the molecule is CCNc1nnc(-c2ccccc2)c(Cl)c1C(=N)c1ccccc1.